The normalized spacial score (nSPS) is 12.5. The first-order valence-electron chi connectivity index (χ1n) is 13.8. The summed E-state index contributed by atoms with van der Waals surface area (Å²) in [5.74, 6) is -2.13. The molecule has 248 valence electrons. The van der Waals surface area contributed by atoms with Crippen LogP contribution in [0.4, 0.5) is 48.3 Å². The smallest absolute Gasteiger partial charge is 0.428 e. The number of alkyl halides is 5. The van der Waals surface area contributed by atoms with E-state index >= 15 is 0 Å². The Morgan fingerprint density at radius 3 is 1.98 bits per heavy atom. The van der Waals surface area contributed by atoms with Crippen molar-refractivity contribution in [1.29, 1.82) is 0 Å². The number of rotatable bonds is 9. The second kappa shape index (κ2) is 15.6. The van der Waals surface area contributed by atoms with Gasteiger partial charge >= 0.3 is 12.3 Å². The fourth-order valence-electron chi connectivity index (χ4n) is 4.09. The van der Waals surface area contributed by atoms with Crippen LogP contribution >= 0.6 is 0 Å². The fraction of sp³-hybridized carbons (Fsp3) is 0.235. The minimum absolute atomic E-state index is 0.110. The first-order chi connectivity index (χ1) is 22.0. The topological polar surface area (TPSA) is 35.2 Å². The molecule has 0 heterocycles. The van der Waals surface area contributed by atoms with Gasteiger partial charge in [0.05, 0.1) is 11.1 Å². The van der Waals surface area contributed by atoms with E-state index in [1.165, 1.54) is 24.3 Å². The van der Waals surface area contributed by atoms with Crippen molar-refractivity contribution in [1.82, 2.24) is 0 Å². The predicted octanol–water partition coefficient (Wildman–Crippen LogP) is 9.80. The number of ether oxygens (including phenoxy) is 1. The summed E-state index contributed by atoms with van der Waals surface area (Å²) in [7, 11) is 0. The van der Waals surface area contributed by atoms with Crippen LogP contribution < -0.4 is 10.5 Å². The molecule has 0 aliphatic rings. The van der Waals surface area contributed by atoms with Gasteiger partial charge in [-0.05, 0) is 54.8 Å². The summed E-state index contributed by atoms with van der Waals surface area (Å²) in [6, 6.07) is 7.74. The predicted molar refractivity (Wildman–Crippen MR) is 152 cm³/mol. The van der Waals surface area contributed by atoms with Crippen LogP contribution in [0.25, 0.3) is 0 Å². The lowest BCUT2D eigenvalue weighted by Gasteiger charge is -2.20. The summed E-state index contributed by atoms with van der Waals surface area (Å²) in [4.78, 5) is 0. The van der Waals surface area contributed by atoms with E-state index in [0.29, 0.717) is 6.08 Å². The molecule has 0 aliphatic heterocycles. The highest BCUT2D eigenvalue weighted by molar-refractivity contribution is 5.47. The number of nitrogens with two attached hydrogens (primary N) is 1. The number of hydrogen-bond acceptors (Lipinski definition) is 2. The Kier molecular flexibility index (Phi) is 12.1. The van der Waals surface area contributed by atoms with Gasteiger partial charge in [0.1, 0.15) is 40.4 Å². The largest absolute Gasteiger partial charge is 0.433 e. The molecule has 0 radical (unpaired) electrons. The average Bonchev–Trinajstić information content (AvgIpc) is 2.94. The van der Waals surface area contributed by atoms with Crippen molar-refractivity contribution < 1.29 is 53.0 Å². The van der Waals surface area contributed by atoms with Gasteiger partial charge in [-0.15, -0.1) is 0 Å². The highest BCUT2D eigenvalue weighted by atomic mass is 19.4. The zero-order valence-electron chi connectivity index (χ0n) is 24.4. The van der Waals surface area contributed by atoms with Gasteiger partial charge in [0.2, 0.25) is 5.95 Å². The zero-order valence-corrected chi connectivity index (χ0v) is 24.4. The highest BCUT2D eigenvalue weighted by Gasteiger charge is 2.44. The van der Waals surface area contributed by atoms with Gasteiger partial charge in [-0.3, -0.25) is 0 Å². The number of aryl methyl sites for hydroxylation is 1. The molecule has 0 fully saturated rings. The van der Waals surface area contributed by atoms with Crippen molar-refractivity contribution in [2.45, 2.75) is 51.3 Å². The molecule has 2 nitrogen and oxygen atoms in total. The third-order valence-electron chi connectivity index (χ3n) is 6.33. The van der Waals surface area contributed by atoms with E-state index in [4.69, 9.17) is 5.73 Å². The van der Waals surface area contributed by atoms with Crippen molar-refractivity contribution in [2.75, 3.05) is 0 Å². The second-order valence-corrected chi connectivity index (χ2v) is 9.88. The maximum absolute atomic E-state index is 14.5. The van der Waals surface area contributed by atoms with Crippen molar-refractivity contribution in [3.8, 4) is 29.4 Å². The minimum Gasteiger partial charge on any atom is -0.428 e. The van der Waals surface area contributed by atoms with Gasteiger partial charge in [0, 0.05) is 24.1 Å². The van der Waals surface area contributed by atoms with Crippen LogP contribution in [-0.2, 0) is 12.6 Å². The summed E-state index contributed by atoms with van der Waals surface area (Å²) in [6.07, 6.45) is -7.27. The Morgan fingerprint density at radius 2 is 1.40 bits per heavy atom. The SMILES string of the molecule is CCCCCc1ccc(C#Cc2ccc(C#CC/C=C(F)\C(=C(/N)F)C(F)(F)Oc3cc(F)c(C(F)(F)F)c(F)c3)c(F)c2)c(F)c1. The van der Waals surface area contributed by atoms with E-state index in [2.05, 4.69) is 35.3 Å². The fourth-order valence-corrected chi connectivity index (χ4v) is 4.09. The van der Waals surface area contributed by atoms with Gasteiger partial charge in [0.25, 0.3) is 0 Å². The third kappa shape index (κ3) is 10.0. The number of halogens is 11. The summed E-state index contributed by atoms with van der Waals surface area (Å²) >= 11 is 0. The third-order valence-corrected chi connectivity index (χ3v) is 6.33. The lowest BCUT2D eigenvalue weighted by Crippen LogP contribution is -2.30. The van der Waals surface area contributed by atoms with E-state index in [9.17, 15) is 48.3 Å². The standard InChI is InChI=1S/C34H24F11NO/c1-2-3-4-7-20-10-14-23(27(37)16-20)15-12-21-11-13-22(26(36)17-21)8-5-6-9-25(35)31(32(40)46)34(44,45)47-24-18-28(38)30(29(39)19-24)33(41,42)43/h9-11,13-14,16-19H,2-4,6-7,46H2,1H3/b25-9+,32-31+. The molecular weight excluding hydrogens is 647 g/mol. The van der Waals surface area contributed by atoms with Crippen molar-refractivity contribution in [2.24, 2.45) is 5.73 Å². The quantitative estimate of drug-likeness (QED) is 0.0809. The second-order valence-electron chi connectivity index (χ2n) is 9.88. The molecule has 0 spiro atoms. The van der Waals surface area contributed by atoms with Gasteiger partial charge in [-0.25, -0.2) is 22.0 Å². The Hall–Kier alpha value is -4.91. The molecule has 0 bridgehead atoms. The number of benzene rings is 3. The van der Waals surface area contributed by atoms with Gasteiger partial charge < -0.3 is 10.5 Å². The summed E-state index contributed by atoms with van der Waals surface area (Å²) in [6.45, 7) is 2.06. The molecular formula is C34H24F11NO. The first-order valence-corrected chi connectivity index (χ1v) is 13.8. The lowest BCUT2D eigenvalue weighted by atomic mass is 10.0. The summed E-state index contributed by atoms with van der Waals surface area (Å²) in [5, 5.41) is 0. The molecule has 0 aromatic heterocycles. The lowest BCUT2D eigenvalue weighted by molar-refractivity contribution is -0.145. The molecule has 3 aromatic rings. The molecule has 0 amide bonds. The molecule has 0 aliphatic carbocycles. The Balaban J connectivity index is 1.71. The molecule has 3 aromatic carbocycles. The molecule has 47 heavy (non-hydrogen) atoms. The zero-order chi connectivity index (χ0) is 34.9. The van der Waals surface area contributed by atoms with Crippen LogP contribution in [0.2, 0.25) is 0 Å². The van der Waals surface area contributed by atoms with Crippen LogP contribution in [0.15, 0.2) is 72.0 Å². The molecule has 0 saturated carbocycles. The molecule has 3 rings (SSSR count). The molecule has 13 heteroatoms. The van der Waals surface area contributed by atoms with Crippen LogP contribution in [0.1, 0.15) is 60.4 Å². The van der Waals surface area contributed by atoms with Gasteiger partial charge in [-0.2, -0.15) is 26.3 Å². The molecule has 2 N–H and O–H groups in total. The van der Waals surface area contributed by atoms with Crippen LogP contribution in [-0.4, -0.2) is 6.11 Å². The van der Waals surface area contributed by atoms with Crippen LogP contribution in [0.5, 0.6) is 5.75 Å². The van der Waals surface area contributed by atoms with E-state index < -0.39 is 70.6 Å². The minimum atomic E-state index is -5.51. The monoisotopic (exact) mass is 671 g/mol. The Labute approximate surface area is 262 Å². The van der Waals surface area contributed by atoms with E-state index in [0.717, 1.165) is 37.3 Å². The summed E-state index contributed by atoms with van der Waals surface area (Å²) in [5.41, 5.74) is 0.971. The Bertz CT molecular complexity index is 1780. The van der Waals surface area contributed by atoms with Crippen LogP contribution in [0.3, 0.4) is 0 Å². The maximum Gasteiger partial charge on any atom is 0.433 e. The number of unbranched alkanes of at least 4 members (excludes halogenated alkanes) is 2. The number of hydrogen-bond donors (Lipinski definition) is 1. The van der Waals surface area contributed by atoms with E-state index in [1.54, 1.807) is 6.07 Å². The van der Waals surface area contributed by atoms with Gasteiger partial charge in [-0.1, -0.05) is 49.5 Å². The molecule has 0 atom stereocenters. The van der Waals surface area contributed by atoms with Crippen LogP contribution in [0, 0.1) is 47.0 Å². The van der Waals surface area contributed by atoms with Crippen molar-refractivity contribution >= 4 is 0 Å². The Morgan fingerprint density at radius 1 is 0.787 bits per heavy atom. The van der Waals surface area contributed by atoms with E-state index in [-0.39, 0.29) is 28.8 Å². The molecule has 0 unspecified atom stereocenters. The summed E-state index contributed by atoms with van der Waals surface area (Å²) < 4.78 is 156. The maximum atomic E-state index is 14.5. The van der Waals surface area contributed by atoms with Gasteiger partial charge in [0.15, 0.2) is 5.57 Å². The average molecular weight is 672 g/mol. The van der Waals surface area contributed by atoms with Crippen molar-refractivity contribution in [3.05, 3.63) is 123 Å². The highest BCUT2D eigenvalue weighted by Crippen LogP contribution is 2.39. The van der Waals surface area contributed by atoms with E-state index in [1.807, 2.05) is 0 Å². The van der Waals surface area contributed by atoms with Crippen molar-refractivity contribution in [3.63, 3.8) is 0 Å². The molecule has 0 saturated heterocycles. The first kappa shape index (κ1) is 36.6. The number of allylic oxidation sites excluding steroid dienone is 1.